The number of ether oxygens (including phenoxy) is 2. The summed E-state index contributed by atoms with van der Waals surface area (Å²) in [5.74, 6) is -1.13. The minimum Gasteiger partial charge on any atom is -0.480 e. The van der Waals surface area contributed by atoms with Crippen molar-refractivity contribution in [2.24, 2.45) is 0 Å². The van der Waals surface area contributed by atoms with Crippen molar-refractivity contribution < 1.29 is 24.1 Å². The van der Waals surface area contributed by atoms with E-state index >= 15 is 0 Å². The number of nitrogens with zero attached hydrogens (tertiary/aromatic N) is 2. The third-order valence-electron chi connectivity index (χ3n) is 4.12. The number of halogens is 2. The second kappa shape index (κ2) is 8.85. The lowest BCUT2D eigenvalue weighted by atomic mass is 9.84. The van der Waals surface area contributed by atoms with Gasteiger partial charge in [0.05, 0.1) is 14.9 Å². The third kappa shape index (κ3) is 5.17. The second-order valence-electron chi connectivity index (χ2n) is 7.35. The molecule has 30 heavy (non-hydrogen) atoms. The Hall–Kier alpha value is -2.91. The van der Waals surface area contributed by atoms with E-state index in [-0.39, 0.29) is 27.6 Å². The van der Waals surface area contributed by atoms with Crippen LogP contribution < -0.4 is 9.47 Å². The van der Waals surface area contributed by atoms with Crippen LogP contribution in [0.3, 0.4) is 0 Å². The van der Waals surface area contributed by atoms with Gasteiger partial charge in [-0.3, -0.25) is 20.2 Å². The first kappa shape index (κ1) is 23.4. The highest BCUT2D eigenvalue weighted by Crippen LogP contribution is 2.44. The number of carbonyl (C=O) groups excluding carboxylic acids is 1. The fraction of sp³-hybridized carbons (Fsp3) is 0.316. The van der Waals surface area contributed by atoms with Gasteiger partial charge in [-0.25, -0.2) is 4.79 Å². The summed E-state index contributed by atoms with van der Waals surface area (Å²) >= 11 is 11.8. The van der Waals surface area contributed by atoms with Crippen molar-refractivity contribution in [1.29, 1.82) is 0 Å². The van der Waals surface area contributed by atoms with E-state index in [4.69, 9.17) is 32.7 Å². The van der Waals surface area contributed by atoms with Crippen molar-refractivity contribution in [1.82, 2.24) is 0 Å². The molecule has 0 radical (unpaired) electrons. The van der Waals surface area contributed by atoms with E-state index in [1.165, 1.54) is 31.2 Å². The SMILES string of the molecule is Cc1c([N+](=O)[O-])cc(C(C)(C)C)c(OC(=O)COc2ccc(Cl)cc2Cl)c1[N+](=O)[O-]. The lowest BCUT2D eigenvalue weighted by molar-refractivity contribution is -0.395. The molecule has 9 nitrogen and oxygen atoms in total. The van der Waals surface area contributed by atoms with Crippen LogP contribution in [0.4, 0.5) is 11.4 Å². The quantitative estimate of drug-likeness (QED) is 0.246. The van der Waals surface area contributed by atoms with Crippen molar-refractivity contribution in [3.63, 3.8) is 0 Å². The molecule has 160 valence electrons. The molecule has 0 aliphatic heterocycles. The summed E-state index contributed by atoms with van der Waals surface area (Å²) in [6.07, 6.45) is 0. The summed E-state index contributed by atoms with van der Waals surface area (Å²) in [4.78, 5) is 33.9. The summed E-state index contributed by atoms with van der Waals surface area (Å²) in [5, 5.41) is 23.6. The molecular formula is C19H18Cl2N2O7. The van der Waals surface area contributed by atoms with Gasteiger partial charge in [0.15, 0.2) is 6.61 Å². The van der Waals surface area contributed by atoms with Crippen LogP contribution in [0.5, 0.6) is 11.5 Å². The number of rotatable bonds is 6. The van der Waals surface area contributed by atoms with E-state index in [0.29, 0.717) is 5.02 Å². The molecule has 0 saturated carbocycles. The third-order valence-corrected chi connectivity index (χ3v) is 4.65. The molecule has 0 aromatic heterocycles. The van der Waals surface area contributed by atoms with Gasteiger partial charge >= 0.3 is 11.7 Å². The van der Waals surface area contributed by atoms with Crippen LogP contribution in [-0.4, -0.2) is 22.4 Å². The van der Waals surface area contributed by atoms with E-state index in [0.717, 1.165) is 0 Å². The molecule has 2 aromatic rings. The number of hydrogen-bond donors (Lipinski definition) is 0. The molecule has 0 N–H and O–H groups in total. The zero-order valence-corrected chi connectivity index (χ0v) is 18.0. The van der Waals surface area contributed by atoms with Gasteiger partial charge in [-0.2, -0.15) is 0 Å². The molecule has 0 saturated heterocycles. The van der Waals surface area contributed by atoms with Crippen LogP contribution in [0.15, 0.2) is 24.3 Å². The molecule has 0 atom stereocenters. The van der Waals surface area contributed by atoms with Crippen LogP contribution in [-0.2, 0) is 10.2 Å². The van der Waals surface area contributed by atoms with Crippen LogP contribution in [0.2, 0.25) is 10.0 Å². The number of nitro benzene ring substituents is 2. The highest BCUT2D eigenvalue weighted by molar-refractivity contribution is 6.35. The zero-order chi connectivity index (χ0) is 22.8. The Kier molecular flexibility index (Phi) is 6.89. The van der Waals surface area contributed by atoms with Crippen molar-refractivity contribution in [2.45, 2.75) is 33.1 Å². The maximum atomic E-state index is 12.4. The molecule has 0 fully saturated rings. The Morgan fingerprint density at radius 1 is 1.10 bits per heavy atom. The Morgan fingerprint density at radius 3 is 2.23 bits per heavy atom. The Bertz CT molecular complexity index is 1030. The molecule has 2 aromatic carbocycles. The van der Waals surface area contributed by atoms with Gasteiger partial charge in [0.1, 0.15) is 11.3 Å². The van der Waals surface area contributed by atoms with E-state index in [2.05, 4.69) is 0 Å². The average molecular weight is 457 g/mol. The summed E-state index contributed by atoms with van der Waals surface area (Å²) in [6.45, 7) is 5.69. The molecular weight excluding hydrogens is 439 g/mol. The van der Waals surface area contributed by atoms with Crippen LogP contribution >= 0.6 is 23.2 Å². The van der Waals surface area contributed by atoms with E-state index in [1.807, 2.05) is 0 Å². The minimum absolute atomic E-state index is 0.143. The maximum absolute atomic E-state index is 12.4. The fourth-order valence-corrected chi connectivity index (χ4v) is 3.13. The number of nitro groups is 2. The van der Waals surface area contributed by atoms with Crippen molar-refractivity contribution >= 4 is 40.5 Å². The van der Waals surface area contributed by atoms with Crippen molar-refractivity contribution in [2.75, 3.05) is 6.61 Å². The first-order valence-electron chi connectivity index (χ1n) is 8.58. The van der Waals surface area contributed by atoms with Crippen LogP contribution in [0.25, 0.3) is 0 Å². The normalized spacial score (nSPS) is 11.1. The lowest BCUT2D eigenvalue weighted by Gasteiger charge is -2.22. The number of esters is 1. The standard InChI is InChI=1S/C19H18Cl2N2O7/c1-10-14(22(25)26)8-12(19(2,3)4)18(17(10)23(27)28)30-16(24)9-29-15-6-5-11(20)7-13(15)21/h5-8H,9H2,1-4H3. The largest absolute Gasteiger partial charge is 0.480 e. The van der Waals surface area contributed by atoms with Gasteiger partial charge in [0.25, 0.3) is 5.69 Å². The number of benzene rings is 2. The van der Waals surface area contributed by atoms with E-state index < -0.39 is 39.2 Å². The van der Waals surface area contributed by atoms with Gasteiger partial charge in [-0.05, 0) is 30.5 Å². The maximum Gasteiger partial charge on any atom is 0.349 e. The van der Waals surface area contributed by atoms with E-state index in [9.17, 15) is 25.0 Å². The fourth-order valence-electron chi connectivity index (χ4n) is 2.67. The monoisotopic (exact) mass is 456 g/mol. The molecule has 0 bridgehead atoms. The average Bonchev–Trinajstić information content (AvgIpc) is 2.59. The first-order chi connectivity index (χ1) is 13.8. The zero-order valence-electron chi connectivity index (χ0n) is 16.5. The molecule has 11 heteroatoms. The van der Waals surface area contributed by atoms with Crippen LogP contribution in [0.1, 0.15) is 31.9 Å². The molecule has 0 spiro atoms. The van der Waals surface area contributed by atoms with Gasteiger partial charge in [0, 0.05) is 16.7 Å². The van der Waals surface area contributed by atoms with Gasteiger partial charge in [0.2, 0.25) is 5.75 Å². The smallest absolute Gasteiger partial charge is 0.349 e. The molecule has 0 heterocycles. The summed E-state index contributed by atoms with van der Waals surface area (Å²) < 4.78 is 10.6. The minimum atomic E-state index is -0.942. The predicted octanol–water partition coefficient (Wildman–Crippen LogP) is 5.40. The lowest BCUT2D eigenvalue weighted by Crippen LogP contribution is -2.22. The van der Waals surface area contributed by atoms with Crippen LogP contribution in [0, 0.1) is 27.2 Å². The van der Waals surface area contributed by atoms with Crippen molar-refractivity contribution in [3.8, 4) is 11.5 Å². The number of hydrogen-bond acceptors (Lipinski definition) is 7. The molecule has 0 aliphatic rings. The number of carbonyl (C=O) groups is 1. The van der Waals surface area contributed by atoms with Gasteiger partial charge < -0.3 is 9.47 Å². The first-order valence-corrected chi connectivity index (χ1v) is 9.34. The summed E-state index contributed by atoms with van der Waals surface area (Å²) in [7, 11) is 0. The topological polar surface area (TPSA) is 122 Å². The highest BCUT2D eigenvalue weighted by Gasteiger charge is 2.35. The Labute approximate surface area is 181 Å². The molecule has 0 amide bonds. The predicted molar refractivity (Wildman–Crippen MR) is 111 cm³/mol. The molecule has 0 unspecified atom stereocenters. The van der Waals surface area contributed by atoms with Crippen molar-refractivity contribution in [3.05, 3.63) is 65.7 Å². The van der Waals surface area contributed by atoms with Gasteiger partial charge in [-0.15, -0.1) is 0 Å². The molecule has 0 aliphatic carbocycles. The molecule has 2 rings (SSSR count). The van der Waals surface area contributed by atoms with E-state index in [1.54, 1.807) is 20.8 Å². The summed E-state index contributed by atoms with van der Waals surface area (Å²) in [5.41, 5.74) is -1.95. The second-order valence-corrected chi connectivity index (χ2v) is 8.19. The highest BCUT2D eigenvalue weighted by atomic mass is 35.5. The van der Waals surface area contributed by atoms with Gasteiger partial charge in [-0.1, -0.05) is 44.0 Å². The Morgan fingerprint density at radius 2 is 1.73 bits per heavy atom. The summed E-state index contributed by atoms with van der Waals surface area (Å²) in [6, 6.07) is 5.57. The Balaban J connectivity index is 2.43.